The van der Waals surface area contributed by atoms with Crippen molar-refractivity contribution in [3.05, 3.63) is 0 Å². The van der Waals surface area contributed by atoms with Crippen LogP contribution in [0.2, 0.25) is 0 Å². The largest absolute Gasteiger partial charge is 0.465 e. The van der Waals surface area contributed by atoms with Crippen LogP contribution in [0.5, 0.6) is 0 Å². The monoisotopic (exact) mass is 243 g/mol. The summed E-state index contributed by atoms with van der Waals surface area (Å²) in [4.78, 5) is 25.0. The first-order valence-electron chi connectivity index (χ1n) is 6.04. The van der Waals surface area contributed by atoms with Gasteiger partial charge in [0.05, 0.1) is 6.61 Å². The molecule has 1 fully saturated rings. The summed E-state index contributed by atoms with van der Waals surface area (Å²) in [7, 11) is 0. The fraction of sp³-hybridized carbons (Fsp3) is 0.818. The third-order valence-electron chi connectivity index (χ3n) is 2.96. The lowest BCUT2D eigenvalue weighted by atomic mass is 10.1. The molecule has 0 bridgehead atoms. The SMILES string of the molecule is CCOC(=O)C(CC)N1CCNCC1C(N)=O. The average molecular weight is 243 g/mol. The van der Waals surface area contributed by atoms with Crippen LogP contribution in [0.25, 0.3) is 0 Å². The van der Waals surface area contributed by atoms with Crippen molar-refractivity contribution in [1.82, 2.24) is 10.2 Å². The van der Waals surface area contributed by atoms with Crippen molar-refractivity contribution in [1.29, 1.82) is 0 Å². The maximum Gasteiger partial charge on any atom is 0.323 e. The van der Waals surface area contributed by atoms with Gasteiger partial charge in [-0.15, -0.1) is 0 Å². The predicted octanol–water partition coefficient (Wildman–Crippen LogP) is -0.913. The number of nitrogens with one attached hydrogen (secondary N) is 1. The van der Waals surface area contributed by atoms with E-state index in [0.29, 0.717) is 26.1 Å². The molecule has 0 aromatic heterocycles. The molecule has 6 heteroatoms. The molecule has 1 aliphatic heterocycles. The number of carbonyl (C=O) groups excluding carboxylic acids is 2. The third kappa shape index (κ3) is 3.41. The second-order valence-corrected chi connectivity index (χ2v) is 4.04. The zero-order valence-electron chi connectivity index (χ0n) is 10.4. The van der Waals surface area contributed by atoms with Crippen molar-refractivity contribution in [2.45, 2.75) is 32.4 Å². The molecule has 0 aliphatic carbocycles. The van der Waals surface area contributed by atoms with Crippen LogP contribution in [0.3, 0.4) is 0 Å². The molecule has 1 aliphatic rings. The second-order valence-electron chi connectivity index (χ2n) is 4.04. The van der Waals surface area contributed by atoms with Gasteiger partial charge in [-0.25, -0.2) is 0 Å². The zero-order valence-corrected chi connectivity index (χ0v) is 10.4. The maximum absolute atomic E-state index is 11.8. The highest BCUT2D eigenvalue weighted by Gasteiger charge is 2.35. The summed E-state index contributed by atoms with van der Waals surface area (Å²) < 4.78 is 5.02. The van der Waals surface area contributed by atoms with Crippen LogP contribution in [0.15, 0.2) is 0 Å². The van der Waals surface area contributed by atoms with Gasteiger partial charge in [-0.2, -0.15) is 0 Å². The number of primary amides is 1. The van der Waals surface area contributed by atoms with E-state index in [9.17, 15) is 9.59 Å². The van der Waals surface area contributed by atoms with Crippen LogP contribution in [0.4, 0.5) is 0 Å². The van der Waals surface area contributed by atoms with Crippen LogP contribution in [-0.4, -0.2) is 55.1 Å². The van der Waals surface area contributed by atoms with Crippen LogP contribution < -0.4 is 11.1 Å². The number of nitrogens with zero attached hydrogens (tertiary/aromatic N) is 1. The number of rotatable bonds is 5. The lowest BCUT2D eigenvalue weighted by molar-refractivity contribution is -0.152. The number of piperazine rings is 1. The summed E-state index contributed by atoms with van der Waals surface area (Å²) in [6.07, 6.45) is 0.614. The molecule has 1 rings (SSSR count). The first kappa shape index (κ1) is 13.9. The zero-order chi connectivity index (χ0) is 12.8. The van der Waals surface area contributed by atoms with Gasteiger partial charge >= 0.3 is 5.97 Å². The first-order valence-corrected chi connectivity index (χ1v) is 6.04. The summed E-state index contributed by atoms with van der Waals surface area (Å²) in [6.45, 7) is 5.90. The minimum atomic E-state index is -0.432. The van der Waals surface area contributed by atoms with E-state index in [0.717, 1.165) is 6.54 Å². The summed E-state index contributed by atoms with van der Waals surface area (Å²) in [5.74, 6) is -0.678. The Balaban J connectivity index is 2.76. The van der Waals surface area contributed by atoms with E-state index in [-0.39, 0.29) is 12.0 Å². The highest BCUT2D eigenvalue weighted by molar-refractivity contribution is 5.82. The minimum absolute atomic E-state index is 0.275. The van der Waals surface area contributed by atoms with Crippen LogP contribution in [0, 0.1) is 0 Å². The standard InChI is InChI=1S/C11H21N3O3/c1-3-8(11(16)17-4-2)14-6-5-13-7-9(14)10(12)15/h8-9,13H,3-7H2,1-2H3,(H2,12,15). The molecular weight excluding hydrogens is 222 g/mol. The lowest BCUT2D eigenvalue weighted by Gasteiger charge is -2.38. The molecule has 0 radical (unpaired) electrons. The molecule has 1 heterocycles. The van der Waals surface area contributed by atoms with Crippen LogP contribution >= 0.6 is 0 Å². The van der Waals surface area contributed by atoms with E-state index in [1.165, 1.54) is 0 Å². The molecule has 0 aromatic rings. The molecule has 17 heavy (non-hydrogen) atoms. The van der Waals surface area contributed by atoms with Gasteiger partial charge in [-0.05, 0) is 13.3 Å². The molecule has 6 nitrogen and oxygen atoms in total. The molecule has 3 N–H and O–H groups in total. The van der Waals surface area contributed by atoms with Gasteiger partial charge in [0.2, 0.25) is 5.91 Å². The minimum Gasteiger partial charge on any atom is -0.465 e. The Kier molecular flexibility index (Phi) is 5.37. The lowest BCUT2D eigenvalue weighted by Crippen LogP contribution is -2.61. The topological polar surface area (TPSA) is 84.7 Å². The molecular formula is C11H21N3O3. The summed E-state index contributed by atoms with van der Waals surface area (Å²) in [5.41, 5.74) is 5.35. The van der Waals surface area contributed by atoms with E-state index in [1.54, 1.807) is 6.92 Å². The quantitative estimate of drug-likeness (QED) is 0.610. The molecule has 0 aromatic carbocycles. The predicted molar refractivity (Wildman–Crippen MR) is 63.3 cm³/mol. The fourth-order valence-electron chi connectivity index (χ4n) is 2.13. The number of esters is 1. The first-order chi connectivity index (χ1) is 8.11. The molecule has 2 atom stereocenters. The van der Waals surface area contributed by atoms with Gasteiger partial charge in [-0.1, -0.05) is 6.92 Å². The van der Waals surface area contributed by atoms with E-state index in [4.69, 9.17) is 10.5 Å². The van der Waals surface area contributed by atoms with Gasteiger partial charge in [0.25, 0.3) is 0 Å². The molecule has 1 amide bonds. The molecule has 1 saturated heterocycles. The van der Waals surface area contributed by atoms with Crippen molar-refractivity contribution in [2.24, 2.45) is 5.73 Å². The Labute approximate surface area is 101 Å². The highest BCUT2D eigenvalue weighted by atomic mass is 16.5. The normalized spacial score (nSPS) is 23.1. The average Bonchev–Trinajstić information content (AvgIpc) is 2.31. The van der Waals surface area contributed by atoms with Crippen LogP contribution in [0.1, 0.15) is 20.3 Å². The van der Waals surface area contributed by atoms with Crippen molar-refractivity contribution in [3.8, 4) is 0 Å². The number of hydrogen-bond donors (Lipinski definition) is 2. The second kappa shape index (κ2) is 6.56. The Hall–Kier alpha value is -1.14. The number of ether oxygens (including phenoxy) is 1. The van der Waals surface area contributed by atoms with Crippen molar-refractivity contribution in [2.75, 3.05) is 26.2 Å². The van der Waals surface area contributed by atoms with E-state index < -0.39 is 11.9 Å². The van der Waals surface area contributed by atoms with Crippen molar-refractivity contribution in [3.63, 3.8) is 0 Å². The molecule has 2 unspecified atom stereocenters. The van der Waals surface area contributed by atoms with E-state index >= 15 is 0 Å². The Bertz CT molecular complexity index is 283. The van der Waals surface area contributed by atoms with Crippen molar-refractivity contribution < 1.29 is 14.3 Å². The number of amides is 1. The Morgan fingerprint density at radius 1 is 1.53 bits per heavy atom. The molecule has 0 saturated carbocycles. The van der Waals surface area contributed by atoms with Gasteiger partial charge < -0.3 is 15.8 Å². The molecule has 0 spiro atoms. The van der Waals surface area contributed by atoms with E-state index in [2.05, 4.69) is 5.32 Å². The van der Waals surface area contributed by atoms with Gasteiger partial charge in [0, 0.05) is 19.6 Å². The summed E-state index contributed by atoms with van der Waals surface area (Å²) >= 11 is 0. The third-order valence-corrected chi connectivity index (χ3v) is 2.96. The maximum atomic E-state index is 11.8. The van der Waals surface area contributed by atoms with Crippen LogP contribution in [-0.2, 0) is 14.3 Å². The number of hydrogen-bond acceptors (Lipinski definition) is 5. The molecule has 98 valence electrons. The highest BCUT2D eigenvalue weighted by Crippen LogP contribution is 2.13. The Morgan fingerprint density at radius 2 is 2.24 bits per heavy atom. The van der Waals surface area contributed by atoms with Gasteiger partial charge in [-0.3, -0.25) is 14.5 Å². The number of nitrogens with two attached hydrogens (primary N) is 1. The van der Waals surface area contributed by atoms with Gasteiger partial charge in [0.1, 0.15) is 12.1 Å². The Morgan fingerprint density at radius 3 is 2.76 bits per heavy atom. The fourth-order valence-corrected chi connectivity index (χ4v) is 2.13. The smallest absolute Gasteiger partial charge is 0.323 e. The summed E-state index contributed by atoms with van der Waals surface area (Å²) in [6, 6.07) is -0.812. The number of carbonyl (C=O) groups is 2. The summed E-state index contributed by atoms with van der Waals surface area (Å²) in [5, 5.41) is 3.10. The van der Waals surface area contributed by atoms with Crippen molar-refractivity contribution >= 4 is 11.9 Å². The van der Waals surface area contributed by atoms with Gasteiger partial charge in [0.15, 0.2) is 0 Å². The van der Waals surface area contributed by atoms with E-state index in [1.807, 2.05) is 11.8 Å².